The first-order valence-electron chi connectivity index (χ1n) is 6.79. The van der Waals surface area contributed by atoms with Crippen LogP contribution in [0.3, 0.4) is 0 Å². The van der Waals surface area contributed by atoms with Crippen molar-refractivity contribution < 1.29 is 19.2 Å². The molecule has 2 rings (SSSR count). The molecule has 0 unspecified atom stereocenters. The normalized spacial score (nSPS) is 21.7. The maximum Gasteiger partial charge on any atom is 0.330 e. The third-order valence-electron chi connectivity index (χ3n) is 3.54. The molecular formula is C13H19N3O4. The van der Waals surface area contributed by atoms with E-state index >= 15 is 0 Å². The first kappa shape index (κ1) is 14.5. The van der Waals surface area contributed by atoms with Crippen molar-refractivity contribution in [3.8, 4) is 0 Å². The lowest BCUT2D eigenvalue weighted by atomic mass is 9.89. The molecule has 2 fully saturated rings. The summed E-state index contributed by atoms with van der Waals surface area (Å²) in [5.74, 6) is -1.17. The fourth-order valence-corrected chi connectivity index (χ4v) is 1.98. The summed E-state index contributed by atoms with van der Waals surface area (Å²) < 4.78 is 0. The van der Waals surface area contributed by atoms with Crippen LogP contribution in [0.15, 0.2) is 0 Å². The number of nitrogens with zero attached hydrogens (tertiary/aromatic N) is 1. The molecule has 5 amide bonds. The van der Waals surface area contributed by atoms with E-state index in [2.05, 4.69) is 10.6 Å². The molecule has 1 aliphatic carbocycles. The second-order valence-electron chi connectivity index (χ2n) is 5.79. The number of carbonyl (C=O) groups is 4. The van der Waals surface area contributed by atoms with Crippen LogP contribution in [-0.2, 0) is 14.4 Å². The van der Waals surface area contributed by atoms with Gasteiger partial charge in [-0.1, -0.05) is 0 Å². The van der Waals surface area contributed by atoms with E-state index in [0.717, 1.165) is 17.7 Å². The summed E-state index contributed by atoms with van der Waals surface area (Å²) >= 11 is 0. The van der Waals surface area contributed by atoms with Crippen LogP contribution in [0.25, 0.3) is 0 Å². The maximum atomic E-state index is 12.1. The Bertz CT molecular complexity index is 468. The number of carbonyl (C=O) groups excluding carboxylic acids is 4. The summed E-state index contributed by atoms with van der Waals surface area (Å²) in [6.07, 6.45) is 2.70. The standard InChI is InChI=1S/C13H19N3O4/c1-13(2)10(18)15-12(20)16(11(13)19)7-3-4-9(17)14-8-5-6-8/h8H,3-7H2,1-2H3,(H,14,17)(H,15,18,20). The van der Waals surface area contributed by atoms with Gasteiger partial charge in [-0.2, -0.15) is 0 Å². The lowest BCUT2D eigenvalue weighted by Crippen LogP contribution is -2.61. The molecule has 7 nitrogen and oxygen atoms in total. The van der Waals surface area contributed by atoms with Gasteiger partial charge >= 0.3 is 6.03 Å². The van der Waals surface area contributed by atoms with Crippen LogP contribution >= 0.6 is 0 Å². The van der Waals surface area contributed by atoms with Gasteiger partial charge in [-0.05, 0) is 33.1 Å². The van der Waals surface area contributed by atoms with Crippen molar-refractivity contribution in [3.63, 3.8) is 0 Å². The first-order chi connectivity index (χ1) is 9.32. The van der Waals surface area contributed by atoms with Gasteiger partial charge in [0, 0.05) is 19.0 Å². The molecule has 0 spiro atoms. The van der Waals surface area contributed by atoms with Crippen LogP contribution in [0.2, 0.25) is 0 Å². The highest BCUT2D eigenvalue weighted by Gasteiger charge is 2.46. The maximum absolute atomic E-state index is 12.1. The molecule has 0 bridgehead atoms. The summed E-state index contributed by atoms with van der Waals surface area (Å²) in [6.45, 7) is 3.09. The largest absolute Gasteiger partial charge is 0.353 e. The molecule has 2 aliphatic rings. The molecule has 0 atom stereocenters. The Morgan fingerprint density at radius 1 is 1.35 bits per heavy atom. The lowest BCUT2D eigenvalue weighted by Gasteiger charge is -2.34. The minimum Gasteiger partial charge on any atom is -0.353 e. The van der Waals surface area contributed by atoms with E-state index in [4.69, 9.17) is 0 Å². The van der Waals surface area contributed by atoms with E-state index < -0.39 is 23.3 Å². The number of urea groups is 1. The quantitative estimate of drug-likeness (QED) is 0.701. The Morgan fingerprint density at radius 2 is 2.00 bits per heavy atom. The van der Waals surface area contributed by atoms with E-state index in [9.17, 15) is 19.2 Å². The number of barbiturate groups is 1. The van der Waals surface area contributed by atoms with Gasteiger partial charge in [-0.15, -0.1) is 0 Å². The summed E-state index contributed by atoms with van der Waals surface area (Å²) in [5.41, 5.74) is -1.25. The van der Waals surface area contributed by atoms with Gasteiger partial charge in [0.15, 0.2) is 0 Å². The SMILES string of the molecule is CC1(C)C(=O)NC(=O)N(CCCC(=O)NC2CC2)C1=O. The molecule has 0 radical (unpaired) electrons. The molecule has 1 saturated heterocycles. The van der Waals surface area contributed by atoms with Gasteiger partial charge in [0.2, 0.25) is 17.7 Å². The van der Waals surface area contributed by atoms with Gasteiger partial charge in [0.1, 0.15) is 5.41 Å². The minimum absolute atomic E-state index is 0.0623. The highest BCUT2D eigenvalue weighted by atomic mass is 16.2. The topological polar surface area (TPSA) is 95.6 Å². The van der Waals surface area contributed by atoms with Gasteiger partial charge in [0.05, 0.1) is 0 Å². The number of rotatable bonds is 5. The third-order valence-corrected chi connectivity index (χ3v) is 3.54. The van der Waals surface area contributed by atoms with Gasteiger partial charge in [0.25, 0.3) is 0 Å². The van der Waals surface area contributed by atoms with Gasteiger partial charge < -0.3 is 5.32 Å². The highest BCUT2D eigenvalue weighted by Crippen LogP contribution is 2.23. The van der Waals surface area contributed by atoms with E-state index in [1.165, 1.54) is 13.8 Å². The predicted molar refractivity (Wildman–Crippen MR) is 69.4 cm³/mol. The monoisotopic (exact) mass is 281 g/mol. The third kappa shape index (κ3) is 2.97. The zero-order valence-electron chi connectivity index (χ0n) is 11.7. The Balaban J connectivity index is 1.84. The van der Waals surface area contributed by atoms with E-state index in [0.29, 0.717) is 12.5 Å². The molecule has 2 N–H and O–H groups in total. The van der Waals surface area contributed by atoms with Crippen molar-refractivity contribution in [1.29, 1.82) is 0 Å². The van der Waals surface area contributed by atoms with Crippen LogP contribution in [-0.4, -0.2) is 41.2 Å². The van der Waals surface area contributed by atoms with Crippen molar-refractivity contribution in [1.82, 2.24) is 15.5 Å². The molecule has 7 heteroatoms. The molecule has 1 aliphatic heterocycles. The Labute approximate surface area is 117 Å². The van der Waals surface area contributed by atoms with Gasteiger partial charge in [-0.3, -0.25) is 24.6 Å². The zero-order chi connectivity index (χ0) is 14.9. The fraction of sp³-hybridized carbons (Fsp3) is 0.692. The highest BCUT2D eigenvalue weighted by molar-refractivity contribution is 6.18. The molecule has 0 aromatic rings. The number of hydrogen-bond donors (Lipinski definition) is 2. The van der Waals surface area contributed by atoms with Crippen LogP contribution in [0.4, 0.5) is 4.79 Å². The Hall–Kier alpha value is -1.92. The predicted octanol–water partition coefficient (Wildman–Crippen LogP) is 0.150. The number of imide groups is 2. The van der Waals surface area contributed by atoms with Crippen molar-refractivity contribution >= 4 is 23.8 Å². The van der Waals surface area contributed by atoms with Crippen molar-refractivity contribution in [2.75, 3.05) is 6.54 Å². The van der Waals surface area contributed by atoms with E-state index in [1.807, 2.05) is 0 Å². The Morgan fingerprint density at radius 3 is 2.60 bits per heavy atom. The van der Waals surface area contributed by atoms with Crippen LogP contribution in [0.1, 0.15) is 39.5 Å². The lowest BCUT2D eigenvalue weighted by molar-refractivity contribution is -0.149. The number of amides is 5. The second kappa shape index (κ2) is 5.22. The average molecular weight is 281 g/mol. The van der Waals surface area contributed by atoms with Crippen molar-refractivity contribution in [2.45, 2.75) is 45.6 Å². The molecular weight excluding hydrogens is 262 g/mol. The van der Waals surface area contributed by atoms with E-state index in [1.54, 1.807) is 0 Å². The summed E-state index contributed by atoms with van der Waals surface area (Å²) in [6, 6.07) is -0.402. The molecule has 1 heterocycles. The molecule has 0 aromatic carbocycles. The fourth-order valence-electron chi connectivity index (χ4n) is 1.98. The Kier molecular flexibility index (Phi) is 3.78. The van der Waals surface area contributed by atoms with Gasteiger partial charge in [-0.25, -0.2) is 4.79 Å². The minimum atomic E-state index is -1.25. The van der Waals surface area contributed by atoms with Crippen LogP contribution < -0.4 is 10.6 Å². The number of hydrogen-bond acceptors (Lipinski definition) is 4. The zero-order valence-corrected chi connectivity index (χ0v) is 11.7. The first-order valence-corrected chi connectivity index (χ1v) is 6.79. The summed E-state index contributed by atoms with van der Waals surface area (Å²) in [5, 5.41) is 5.00. The second-order valence-corrected chi connectivity index (χ2v) is 5.79. The van der Waals surface area contributed by atoms with Crippen LogP contribution in [0, 0.1) is 5.41 Å². The molecule has 110 valence electrons. The summed E-state index contributed by atoms with van der Waals surface area (Å²) in [7, 11) is 0. The summed E-state index contributed by atoms with van der Waals surface area (Å²) in [4.78, 5) is 47.8. The molecule has 1 saturated carbocycles. The van der Waals surface area contributed by atoms with E-state index in [-0.39, 0.29) is 18.9 Å². The van der Waals surface area contributed by atoms with Crippen LogP contribution in [0.5, 0.6) is 0 Å². The molecule has 20 heavy (non-hydrogen) atoms. The average Bonchev–Trinajstić information content (AvgIpc) is 3.15. The van der Waals surface area contributed by atoms with Crippen molar-refractivity contribution in [3.05, 3.63) is 0 Å². The number of nitrogens with one attached hydrogen (secondary N) is 2. The molecule has 0 aromatic heterocycles. The smallest absolute Gasteiger partial charge is 0.330 e. The van der Waals surface area contributed by atoms with Crippen molar-refractivity contribution in [2.24, 2.45) is 5.41 Å².